The van der Waals surface area contributed by atoms with Crippen LogP contribution in [-0.4, -0.2) is 24.0 Å². The summed E-state index contributed by atoms with van der Waals surface area (Å²) in [5.74, 6) is -0.931. The number of anilines is 1. The highest BCUT2D eigenvalue weighted by Crippen LogP contribution is 2.38. The summed E-state index contributed by atoms with van der Waals surface area (Å²) in [5, 5.41) is 17.8. The summed E-state index contributed by atoms with van der Waals surface area (Å²) in [7, 11) is 0. The Balaban J connectivity index is 2.10. The van der Waals surface area contributed by atoms with Gasteiger partial charge in [-0.3, -0.25) is 15.1 Å². The quantitative estimate of drug-likeness (QED) is 0.865. The highest BCUT2D eigenvalue weighted by molar-refractivity contribution is 6.26. The zero-order valence-electron chi connectivity index (χ0n) is 12.6. The van der Waals surface area contributed by atoms with Crippen molar-refractivity contribution in [3.8, 4) is 6.07 Å². The van der Waals surface area contributed by atoms with Crippen LogP contribution in [0.4, 0.5) is 5.69 Å². The second-order valence-corrected chi connectivity index (χ2v) is 6.15. The van der Waals surface area contributed by atoms with Crippen molar-refractivity contribution in [2.24, 2.45) is 5.92 Å². The lowest BCUT2D eigenvalue weighted by Crippen LogP contribution is -2.50. The maximum atomic E-state index is 12.8. The number of amides is 1. The molecule has 0 saturated carbocycles. The van der Waals surface area contributed by atoms with Gasteiger partial charge in [-0.05, 0) is 38.0 Å². The van der Waals surface area contributed by atoms with E-state index in [2.05, 4.69) is 6.07 Å². The Kier molecular flexibility index (Phi) is 3.34. The minimum absolute atomic E-state index is 0.0233. The van der Waals surface area contributed by atoms with Crippen LogP contribution in [-0.2, 0) is 9.53 Å². The lowest BCUT2D eigenvalue weighted by Gasteiger charge is -2.40. The first-order valence-electron chi connectivity index (χ1n) is 7.18. The van der Waals surface area contributed by atoms with Crippen molar-refractivity contribution in [3.63, 3.8) is 0 Å². The van der Waals surface area contributed by atoms with Crippen LogP contribution in [0.1, 0.15) is 20.3 Å². The Labute approximate surface area is 129 Å². The number of carbonyl (C=O) groups excluding carboxylic acids is 1. The Morgan fingerprint density at radius 2 is 2.05 bits per heavy atom. The molecule has 0 spiro atoms. The number of rotatable bonds is 1. The molecule has 1 aromatic rings. The first-order chi connectivity index (χ1) is 10.4. The normalized spacial score (nSPS) is 24.0. The van der Waals surface area contributed by atoms with Crippen molar-refractivity contribution in [1.82, 2.24) is 0 Å². The third-order valence-corrected chi connectivity index (χ3v) is 4.08. The fourth-order valence-electron chi connectivity index (χ4n) is 2.96. The van der Waals surface area contributed by atoms with Gasteiger partial charge in [0.25, 0.3) is 5.91 Å². The molecule has 22 heavy (non-hydrogen) atoms. The molecule has 1 aromatic carbocycles. The third-order valence-electron chi connectivity index (χ3n) is 4.08. The van der Waals surface area contributed by atoms with Gasteiger partial charge in [-0.25, -0.2) is 0 Å². The number of benzene rings is 1. The van der Waals surface area contributed by atoms with Crippen molar-refractivity contribution in [3.05, 3.63) is 41.5 Å². The van der Waals surface area contributed by atoms with Crippen LogP contribution in [0.15, 0.2) is 41.5 Å². The van der Waals surface area contributed by atoms with Crippen LogP contribution in [0.5, 0.6) is 0 Å². The maximum absolute atomic E-state index is 12.8. The minimum Gasteiger partial charge on any atom is -0.370 e. The SMILES string of the molecule is CC1(C)CC2=C(CO1)C(=O)N(c1ccccc1)C(=N)C2C#N. The number of nitriles is 1. The summed E-state index contributed by atoms with van der Waals surface area (Å²) in [6.07, 6.45) is 0.497. The fraction of sp³-hybridized carbons (Fsp3) is 0.353. The number of amidine groups is 1. The molecule has 2 heterocycles. The van der Waals surface area contributed by atoms with E-state index in [1.165, 1.54) is 4.90 Å². The molecule has 5 heteroatoms. The summed E-state index contributed by atoms with van der Waals surface area (Å²) >= 11 is 0. The van der Waals surface area contributed by atoms with Crippen LogP contribution in [0.3, 0.4) is 0 Å². The number of hydrogen-bond donors (Lipinski definition) is 1. The van der Waals surface area contributed by atoms with Gasteiger partial charge >= 0.3 is 0 Å². The van der Waals surface area contributed by atoms with Crippen molar-refractivity contribution in [1.29, 1.82) is 10.7 Å². The number of nitrogens with zero attached hydrogens (tertiary/aromatic N) is 2. The molecule has 0 bridgehead atoms. The highest BCUT2D eigenvalue weighted by Gasteiger charge is 2.43. The second kappa shape index (κ2) is 5.08. The van der Waals surface area contributed by atoms with Crippen LogP contribution >= 0.6 is 0 Å². The predicted octanol–water partition coefficient (Wildman–Crippen LogP) is 2.65. The first kappa shape index (κ1) is 14.5. The molecule has 0 saturated heterocycles. The molecular weight excluding hydrogens is 278 g/mol. The van der Waals surface area contributed by atoms with Gasteiger partial charge in [0, 0.05) is 5.57 Å². The number of ether oxygens (including phenoxy) is 1. The molecule has 2 aliphatic heterocycles. The molecular formula is C17H17N3O2. The highest BCUT2D eigenvalue weighted by atomic mass is 16.5. The molecule has 0 fully saturated rings. The number of para-hydroxylation sites is 1. The van der Waals surface area contributed by atoms with E-state index in [-0.39, 0.29) is 18.3 Å². The number of carbonyl (C=O) groups is 1. The van der Waals surface area contributed by atoms with E-state index in [0.29, 0.717) is 17.7 Å². The minimum atomic E-state index is -0.698. The van der Waals surface area contributed by atoms with E-state index in [9.17, 15) is 10.1 Å². The zero-order chi connectivity index (χ0) is 15.9. The van der Waals surface area contributed by atoms with E-state index < -0.39 is 11.5 Å². The van der Waals surface area contributed by atoms with E-state index in [1.807, 2.05) is 32.0 Å². The van der Waals surface area contributed by atoms with Crippen molar-refractivity contribution in [2.75, 3.05) is 11.5 Å². The lowest BCUT2D eigenvalue weighted by molar-refractivity contribution is -0.116. The smallest absolute Gasteiger partial charge is 0.262 e. The molecule has 1 unspecified atom stereocenters. The summed E-state index contributed by atoms with van der Waals surface area (Å²) < 4.78 is 5.73. The first-order valence-corrected chi connectivity index (χ1v) is 7.18. The number of hydrogen-bond acceptors (Lipinski definition) is 4. The van der Waals surface area contributed by atoms with Gasteiger partial charge in [-0.1, -0.05) is 18.2 Å². The Morgan fingerprint density at radius 1 is 1.36 bits per heavy atom. The van der Waals surface area contributed by atoms with Crippen LogP contribution in [0, 0.1) is 22.7 Å². The molecule has 0 aliphatic carbocycles. The second-order valence-electron chi connectivity index (χ2n) is 6.15. The van der Waals surface area contributed by atoms with Gasteiger partial charge in [-0.2, -0.15) is 5.26 Å². The topological polar surface area (TPSA) is 77.2 Å². The van der Waals surface area contributed by atoms with Crippen molar-refractivity contribution < 1.29 is 9.53 Å². The van der Waals surface area contributed by atoms with E-state index in [4.69, 9.17) is 10.1 Å². The Hall–Kier alpha value is -2.45. The fourth-order valence-corrected chi connectivity index (χ4v) is 2.96. The van der Waals surface area contributed by atoms with Gasteiger partial charge in [0.2, 0.25) is 0 Å². The standard InChI is InChI=1S/C17H17N3O2/c1-17(2)8-12-13(9-18)15(19)20(11-6-4-3-5-7-11)16(21)14(12)10-22-17/h3-7,13,19H,8,10H2,1-2H3. The van der Waals surface area contributed by atoms with E-state index >= 15 is 0 Å². The van der Waals surface area contributed by atoms with Crippen molar-refractivity contribution in [2.45, 2.75) is 25.9 Å². The molecule has 1 amide bonds. The molecule has 5 nitrogen and oxygen atoms in total. The summed E-state index contributed by atoms with van der Waals surface area (Å²) in [5.41, 5.74) is 1.45. The van der Waals surface area contributed by atoms with Crippen LogP contribution in [0.25, 0.3) is 0 Å². The molecule has 1 N–H and O–H groups in total. The van der Waals surface area contributed by atoms with Gasteiger partial charge < -0.3 is 4.74 Å². The molecule has 0 radical (unpaired) electrons. The van der Waals surface area contributed by atoms with Gasteiger partial charge in [0.1, 0.15) is 11.8 Å². The van der Waals surface area contributed by atoms with Gasteiger partial charge in [0.05, 0.1) is 24.0 Å². The van der Waals surface area contributed by atoms with E-state index in [0.717, 1.165) is 5.57 Å². The van der Waals surface area contributed by atoms with Crippen molar-refractivity contribution >= 4 is 17.4 Å². The average Bonchev–Trinajstić information content (AvgIpc) is 2.48. The predicted molar refractivity (Wildman–Crippen MR) is 82.4 cm³/mol. The van der Waals surface area contributed by atoms with Gasteiger partial charge in [0.15, 0.2) is 0 Å². The lowest BCUT2D eigenvalue weighted by atomic mass is 9.80. The molecule has 112 valence electrons. The molecule has 0 aromatic heterocycles. The Bertz CT molecular complexity index is 713. The monoisotopic (exact) mass is 295 g/mol. The maximum Gasteiger partial charge on any atom is 0.262 e. The third kappa shape index (κ3) is 2.22. The molecule has 3 rings (SSSR count). The average molecular weight is 295 g/mol. The van der Waals surface area contributed by atoms with Crippen LogP contribution < -0.4 is 4.90 Å². The van der Waals surface area contributed by atoms with Crippen LogP contribution in [0.2, 0.25) is 0 Å². The Morgan fingerprint density at radius 3 is 2.68 bits per heavy atom. The summed E-state index contributed by atoms with van der Waals surface area (Å²) in [4.78, 5) is 14.1. The molecule has 2 aliphatic rings. The largest absolute Gasteiger partial charge is 0.370 e. The molecule has 1 atom stereocenters. The van der Waals surface area contributed by atoms with Gasteiger partial charge in [-0.15, -0.1) is 0 Å². The summed E-state index contributed by atoms with van der Waals surface area (Å²) in [6.45, 7) is 4.06. The number of nitrogens with one attached hydrogen (secondary N) is 1. The zero-order valence-corrected chi connectivity index (χ0v) is 12.6. The van der Waals surface area contributed by atoms with E-state index in [1.54, 1.807) is 12.1 Å². The summed E-state index contributed by atoms with van der Waals surface area (Å²) in [6, 6.07) is 11.2.